The maximum absolute atomic E-state index is 12.7. The van der Waals surface area contributed by atoms with E-state index in [9.17, 15) is 9.59 Å². The summed E-state index contributed by atoms with van der Waals surface area (Å²) in [6, 6.07) is 9.81. The molecule has 0 saturated carbocycles. The summed E-state index contributed by atoms with van der Waals surface area (Å²) < 4.78 is 15.9. The number of hydrogen-bond acceptors (Lipinski definition) is 7. The van der Waals surface area contributed by atoms with Gasteiger partial charge in [-0.05, 0) is 36.4 Å². The molecular weight excluding hydrogens is 564 g/mol. The number of H-pyrrole nitrogens is 1. The third kappa shape index (κ3) is 4.42. The molecule has 0 aliphatic heterocycles. The zero-order chi connectivity index (χ0) is 26.3. The monoisotopic (exact) mass is 575 g/mol. The number of methoxy groups -OCH3 is 1. The Bertz CT molecular complexity index is 1730. The molecule has 0 fully saturated rings. The maximum atomic E-state index is 12.7. The van der Waals surface area contributed by atoms with Gasteiger partial charge >= 0.3 is 5.97 Å². The Morgan fingerprint density at radius 3 is 2.05 bits per heavy atom. The molecule has 0 radical (unpaired) electrons. The fourth-order valence-corrected chi connectivity index (χ4v) is 4.93. The number of carbonyl (C=O) groups excluding carboxylic acids is 1. The number of nitrogens with zero attached hydrogens (tertiary/aromatic N) is 2. The average molecular weight is 577 g/mol. The van der Waals surface area contributed by atoms with E-state index < -0.39 is 11.5 Å². The van der Waals surface area contributed by atoms with Crippen LogP contribution in [-0.4, -0.2) is 28.4 Å². The Labute approximate surface area is 228 Å². The summed E-state index contributed by atoms with van der Waals surface area (Å²) in [6.45, 7) is 0. The number of hydrogen-bond donors (Lipinski definition) is 1. The lowest BCUT2D eigenvalue weighted by Crippen LogP contribution is -2.06. The van der Waals surface area contributed by atoms with Gasteiger partial charge < -0.3 is 18.8 Å². The van der Waals surface area contributed by atoms with Crippen LogP contribution in [0.2, 0.25) is 20.1 Å². The van der Waals surface area contributed by atoms with Crippen LogP contribution in [0, 0.1) is 0 Å². The first-order valence-corrected chi connectivity index (χ1v) is 12.0. The predicted molar refractivity (Wildman–Crippen MR) is 142 cm³/mol. The Balaban J connectivity index is 1.64. The lowest BCUT2D eigenvalue weighted by atomic mass is 10.0. The van der Waals surface area contributed by atoms with Crippen molar-refractivity contribution in [3.8, 4) is 22.5 Å². The Kier molecular flexibility index (Phi) is 6.83. The number of ether oxygens (including phenoxy) is 1. The summed E-state index contributed by atoms with van der Waals surface area (Å²) in [5.74, 6) is -0.653. The Morgan fingerprint density at radius 2 is 1.46 bits per heavy atom. The number of aromatic amines is 1. The van der Waals surface area contributed by atoms with E-state index in [2.05, 4.69) is 15.3 Å². The first-order chi connectivity index (χ1) is 17.8. The summed E-state index contributed by atoms with van der Waals surface area (Å²) in [5, 5.41) is 9.36. The molecule has 186 valence electrons. The van der Waals surface area contributed by atoms with Crippen LogP contribution in [0.5, 0.6) is 0 Å². The predicted octanol–water partition coefficient (Wildman–Crippen LogP) is 7.41. The second-order valence-corrected chi connectivity index (χ2v) is 9.23. The number of nitrogens with one attached hydrogen (secondary N) is 1. The zero-order valence-electron chi connectivity index (χ0n) is 18.6. The highest BCUT2D eigenvalue weighted by molar-refractivity contribution is 6.40. The average Bonchev–Trinajstić information content (AvgIpc) is 3.49. The molecule has 1 N–H and O–H groups in total. The van der Waals surface area contributed by atoms with Crippen molar-refractivity contribution < 1.29 is 18.6 Å². The van der Waals surface area contributed by atoms with Gasteiger partial charge in [-0.3, -0.25) is 4.79 Å². The van der Waals surface area contributed by atoms with Crippen LogP contribution in [0.1, 0.15) is 21.7 Å². The molecule has 2 aromatic carbocycles. The number of benzene rings is 2. The molecule has 0 aliphatic rings. The van der Waals surface area contributed by atoms with Crippen molar-refractivity contribution in [2.24, 2.45) is 0 Å². The fraction of sp³-hybridized carbons (Fsp3) is 0.0400. The molecule has 3 heterocycles. The summed E-state index contributed by atoms with van der Waals surface area (Å²) >= 11 is 25.3. The number of pyridine rings is 1. The third-order valence-electron chi connectivity index (χ3n) is 5.46. The molecule has 0 bridgehead atoms. The summed E-state index contributed by atoms with van der Waals surface area (Å²) in [7, 11) is 1.22. The number of aromatic nitrogens is 3. The van der Waals surface area contributed by atoms with Crippen LogP contribution in [-0.2, 0) is 4.74 Å². The smallest absolute Gasteiger partial charge is 0.344 e. The fourth-order valence-electron chi connectivity index (χ4n) is 3.77. The van der Waals surface area contributed by atoms with Gasteiger partial charge in [0.1, 0.15) is 22.3 Å². The highest BCUT2D eigenvalue weighted by atomic mass is 35.5. The topological polar surface area (TPSA) is 111 Å². The highest BCUT2D eigenvalue weighted by Crippen LogP contribution is 2.39. The minimum Gasteiger partial charge on any atom is -0.465 e. The van der Waals surface area contributed by atoms with Crippen LogP contribution in [0.4, 0.5) is 0 Å². The van der Waals surface area contributed by atoms with E-state index >= 15 is 0 Å². The van der Waals surface area contributed by atoms with Crippen LogP contribution in [0.15, 0.2) is 56.4 Å². The second-order valence-electron chi connectivity index (χ2n) is 7.60. The van der Waals surface area contributed by atoms with Crippen molar-refractivity contribution in [2.45, 2.75) is 0 Å². The van der Waals surface area contributed by atoms with Gasteiger partial charge in [0.2, 0.25) is 0 Å². The lowest BCUT2D eigenvalue weighted by molar-refractivity contribution is 0.0600. The van der Waals surface area contributed by atoms with E-state index in [0.717, 1.165) is 0 Å². The van der Waals surface area contributed by atoms with Crippen molar-refractivity contribution in [2.75, 3.05) is 7.11 Å². The van der Waals surface area contributed by atoms with Crippen molar-refractivity contribution in [3.05, 3.63) is 89.9 Å². The van der Waals surface area contributed by atoms with E-state index in [-0.39, 0.29) is 43.7 Å². The zero-order valence-corrected chi connectivity index (χ0v) is 21.7. The van der Waals surface area contributed by atoms with Crippen LogP contribution < -0.4 is 5.56 Å². The minimum atomic E-state index is -0.714. The first-order valence-electron chi connectivity index (χ1n) is 10.5. The highest BCUT2D eigenvalue weighted by Gasteiger charge is 2.27. The van der Waals surface area contributed by atoms with E-state index in [0.29, 0.717) is 26.7 Å². The lowest BCUT2D eigenvalue weighted by Gasteiger charge is -2.05. The van der Waals surface area contributed by atoms with Gasteiger partial charge in [-0.15, -0.1) is 0 Å². The van der Waals surface area contributed by atoms with E-state index in [4.69, 9.17) is 60.2 Å². The van der Waals surface area contributed by atoms with Crippen LogP contribution >= 0.6 is 46.4 Å². The van der Waals surface area contributed by atoms with Crippen molar-refractivity contribution in [3.63, 3.8) is 0 Å². The molecule has 3 aromatic heterocycles. The van der Waals surface area contributed by atoms with Gasteiger partial charge in [-0.2, -0.15) is 0 Å². The van der Waals surface area contributed by atoms with Gasteiger partial charge in [0.15, 0.2) is 11.3 Å². The van der Waals surface area contributed by atoms with Gasteiger partial charge in [-0.1, -0.05) is 68.8 Å². The third-order valence-corrected chi connectivity index (χ3v) is 6.72. The van der Waals surface area contributed by atoms with E-state index in [1.807, 2.05) is 0 Å². The van der Waals surface area contributed by atoms with Crippen LogP contribution in [0.25, 0.3) is 45.6 Å². The maximum Gasteiger partial charge on any atom is 0.344 e. The molecule has 0 spiro atoms. The van der Waals surface area contributed by atoms with Crippen molar-refractivity contribution in [1.82, 2.24) is 15.3 Å². The molecule has 8 nitrogen and oxygen atoms in total. The molecule has 0 atom stereocenters. The number of esters is 1. The molecule has 12 heteroatoms. The second kappa shape index (κ2) is 10.1. The normalized spacial score (nSPS) is 11.5. The molecule has 0 saturated heterocycles. The van der Waals surface area contributed by atoms with Gasteiger partial charge in [0.25, 0.3) is 5.56 Å². The van der Waals surface area contributed by atoms with E-state index in [1.54, 1.807) is 42.5 Å². The molecule has 0 amide bonds. The molecule has 37 heavy (non-hydrogen) atoms. The standard InChI is InChI=1S/C25H13Cl4N3O5/c1-35-25(34)19-16(36-31-21(19)17-12(26)4-2-5-13(17)27)9-8-11-10-30-24(33)20-22(32-37-23(11)20)18-14(28)6-3-7-15(18)29/h2-10H,1H3,(H,30,33)/b9-8+. The van der Waals surface area contributed by atoms with E-state index in [1.165, 1.54) is 19.4 Å². The number of fused-ring (bicyclic) bond motifs is 1. The molecule has 0 unspecified atom stereocenters. The first kappa shape index (κ1) is 25.1. The van der Waals surface area contributed by atoms with Gasteiger partial charge in [0.05, 0.1) is 27.2 Å². The molecule has 5 aromatic rings. The Morgan fingerprint density at radius 1 is 0.892 bits per heavy atom. The van der Waals surface area contributed by atoms with Crippen molar-refractivity contribution in [1.29, 1.82) is 0 Å². The van der Waals surface area contributed by atoms with Gasteiger partial charge in [0, 0.05) is 22.9 Å². The van der Waals surface area contributed by atoms with Crippen LogP contribution in [0.3, 0.4) is 0 Å². The number of carbonyl (C=O) groups is 1. The number of rotatable bonds is 5. The summed E-state index contributed by atoms with van der Waals surface area (Å²) in [5.41, 5.74) is 1.12. The molecule has 0 aliphatic carbocycles. The van der Waals surface area contributed by atoms with Crippen molar-refractivity contribution >= 4 is 75.5 Å². The summed E-state index contributed by atoms with van der Waals surface area (Å²) in [6.07, 6.45) is 4.43. The Hall–Kier alpha value is -3.56. The SMILES string of the molecule is COC(=O)c1c(-c2c(Cl)cccc2Cl)noc1/C=C/c1c[nH]c(=O)c2c(-c3c(Cl)cccc3Cl)noc12. The number of halogens is 4. The summed E-state index contributed by atoms with van der Waals surface area (Å²) in [4.78, 5) is 28.0. The quantitative estimate of drug-likeness (QED) is 0.217. The molecular formula is C25H13Cl4N3O5. The van der Waals surface area contributed by atoms with Gasteiger partial charge in [-0.25, -0.2) is 4.79 Å². The largest absolute Gasteiger partial charge is 0.465 e. The minimum absolute atomic E-state index is 0.00975. The molecule has 5 rings (SSSR count).